The third-order valence-corrected chi connectivity index (χ3v) is 2.59. The summed E-state index contributed by atoms with van der Waals surface area (Å²) in [5.74, 6) is 0.216. The summed E-state index contributed by atoms with van der Waals surface area (Å²) in [5.41, 5.74) is 1.93. The summed E-state index contributed by atoms with van der Waals surface area (Å²) in [5, 5.41) is 10.3. The Labute approximate surface area is 102 Å². The first-order valence-corrected chi connectivity index (χ1v) is 5.50. The van der Waals surface area contributed by atoms with Crippen molar-refractivity contribution in [2.75, 3.05) is 5.32 Å². The molecule has 6 heteroatoms. The summed E-state index contributed by atoms with van der Waals surface area (Å²) in [6.07, 6.45) is 1.81. The molecule has 0 fully saturated rings. The van der Waals surface area contributed by atoms with Gasteiger partial charge in [-0.05, 0) is 31.2 Å². The monoisotopic (exact) mass is 241 g/mol. The molecule has 0 bridgehead atoms. The predicted molar refractivity (Wildman–Crippen MR) is 67.4 cm³/mol. The van der Waals surface area contributed by atoms with Gasteiger partial charge in [-0.3, -0.25) is 9.89 Å². The minimum atomic E-state index is -0.280. The zero-order chi connectivity index (χ0) is 12.5. The highest BCUT2D eigenvalue weighted by molar-refractivity contribution is 6.02. The fourth-order valence-corrected chi connectivity index (χ4v) is 1.71. The number of hydrogen-bond acceptors (Lipinski definition) is 3. The van der Waals surface area contributed by atoms with Crippen LogP contribution in [-0.4, -0.2) is 26.1 Å². The Hall–Kier alpha value is -2.63. The number of aromatic amines is 2. The van der Waals surface area contributed by atoms with E-state index in [0.717, 1.165) is 16.7 Å². The maximum absolute atomic E-state index is 11.9. The van der Waals surface area contributed by atoms with Crippen LogP contribution >= 0.6 is 0 Å². The molecule has 3 N–H and O–H groups in total. The number of carbonyl (C=O) groups is 1. The van der Waals surface area contributed by atoms with E-state index in [1.54, 1.807) is 18.3 Å². The zero-order valence-electron chi connectivity index (χ0n) is 9.69. The van der Waals surface area contributed by atoms with Crippen molar-refractivity contribution < 1.29 is 4.79 Å². The van der Waals surface area contributed by atoms with E-state index in [9.17, 15) is 4.79 Å². The van der Waals surface area contributed by atoms with Gasteiger partial charge >= 0.3 is 0 Å². The molecule has 0 spiro atoms. The van der Waals surface area contributed by atoms with Crippen LogP contribution in [0.2, 0.25) is 0 Å². The molecule has 1 amide bonds. The number of rotatable bonds is 2. The van der Waals surface area contributed by atoms with Gasteiger partial charge in [0.25, 0.3) is 5.91 Å². The predicted octanol–water partition coefficient (Wildman–Crippen LogP) is 1.85. The number of nitrogens with zero attached hydrogens (tertiary/aromatic N) is 2. The molecule has 0 aliphatic carbocycles. The Balaban J connectivity index is 1.85. The quantitative estimate of drug-likeness (QED) is 0.639. The number of hydrogen-bond donors (Lipinski definition) is 3. The number of nitrogens with one attached hydrogen (secondary N) is 3. The molecule has 0 aliphatic rings. The van der Waals surface area contributed by atoms with Gasteiger partial charge in [-0.15, -0.1) is 0 Å². The molecule has 3 aromatic rings. The third kappa shape index (κ3) is 1.84. The first-order chi connectivity index (χ1) is 8.72. The van der Waals surface area contributed by atoms with Gasteiger partial charge in [-0.2, -0.15) is 5.10 Å². The molecule has 0 saturated carbocycles. The van der Waals surface area contributed by atoms with Gasteiger partial charge in [0, 0.05) is 17.3 Å². The second-order valence-corrected chi connectivity index (χ2v) is 4.00. The minimum absolute atomic E-state index is 0.280. The maximum atomic E-state index is 11.9. The lowest BCUT2D eigenvalue weighted by Crippen LogP contribution is -2.13. The Morgan fingerprint density at radius 1 is 1.33 bits per heavy atom. The van der Waals surface area contributed by atoms with Crippen LogP contribution < -0.4 is 5.32 Å². The van der Waals surface area contributed by atoms with Gasteiger partial charge in [-0.1, -0.05) is 0 Å². The molecule has 90 valence electrons. The van der Waals surface area contributed by atoms with Crippen LogP contribution in [0.1, 0.15) is 16.2 Å². The standard InChI is InChI=1S/C12H11N5O/c1-7-6-9(17-16-7)12(18)15-10-3-2-8-4-5-13-11(8)14-10/h2-6H,1H3,(H,16,17)(H2,13,14,15,18). The number of aryl methyl sites for hydroxylation is 1. The van der Waals surface area contributed by atoms with E-state index in [-0.39, 0.29) is 5.91 Å². The van der Waals surface area contributed by atoms with Gasteiger partial charge in [-0.25, -0.2) is 4.98 Å². The number of pyridine rings is 1. The van der Waals surface area contributed by atoms with Gasteiger partial charge in [0.15, 0.2) is 5.69 Å². The number of fused-ring (bicyclic) bond motifs is 1. The Morgan fingerprint density at radius 3 is 3.00 bits per heavy atom. The number of anilines is 1. The normalized spacial score (nSPS) is 10.7. The van der Waals surface area contributed by atoms with Gasteiger partial charge in [0.1, 0.15) is 11.5 Å². The highest BCUT2D eigenvalue weighted by Crippen LogP contribution is 2.13. The van der Waals surface area contributed by atoms with Crippen molar-refractivity contribution in [3.63, 3.8) is 0 Å². The largest absolute Gasteiger partial charge is 0.346 e. The maximum Gasteiger partial charge on any atom is 0.277 e. The van der Waals surface area contributed by atoms with E-state index in [0.29, 0.717) is 11.5 Å². The SMILES string of the molecule is Cc1cc(C(=O)Nc2ccc3cc[nH]c3n2)n[nH]1. The second-order valence-electron chi connectivity index (χ2n) is 4.00. The van der Waals surface area contributed by atoms with Crippen molar-refractivity contribution in [2.45, 2.75) is 6.92 Å². The van der Waals surface area contributed by atoms with Gasteiger partial charge in [0.2, 0.25) is 0 Å². The molecule has 0 radical (unpaired) electrons. The van der Waals surface area contributed by atoms with E-state index < -0.39 is 0 Å². The topological polar surface area (TPSA) is 86.5 Å². The fraction of sp³-hybridized carbons (Fsp3) is 0.0833. The van der Waals surface area contributed by atoms with E-state index in [2.05, 4.69) is 25.5 Å². The van der Waals surface area contributed by atoms with Crippen molar-refractivity contribution in [2.24, 2.45) is 0 Å². The Bertz CT molecular complexity index is 712. The lowest BCUT2D eigenvalue weighted by molar-refractivity contribution is 0.102. The minimum Gasteiger partial charge on any atom is -0.346 e. The van der Waals surface area contributed by atoms with Crippen LogP contribution in [0.5, 0.6) is 0 Å². The fourth-order valence-electron chi connectivity index (χ4n) is 1.71. The number of carbonyl (C=O) groups excluding carboxylic acids is 1. The summed E-state index contributed by atoms with van der Waals surface area (Å²) in [6.45, 7) is 1.84. The summed E-state index contributed by atoms with van der Waals surface area (Å²) < 4.78 is 0. The molecule has 6 nitrogen and oxygen atoms in total. The van der Waals surface area contributed by atoms with E-state index in [1.165, 1.54) is 0 Å². The molecule has 0 aromatic carbocycles. The van der Waals surface area contributed by atoms with Crippen LogP contribution in [0.15, 0.2) is 30.5 Å². The summed E-state index contributed by atoms with van der Waals surface area (Å²) in [4.78, 5) is 19.1. The smallest absolute Gasteiger partial charge is 0.277 e. The second kappa shape index (κ2) is 3.99. The highest BCUT2D eigenvalue weighted by Gasteiger charge is 2.10. The Morgan fingerprint density at radius 2 is 2.22 bits per heavy atom. The molecule has 0 atom stereocenters. The molecular weight excluding hydrogens is 230 g/mol. The van der Waals surface area contributed by atoms with Gasteiger partial charge < -0.3 is 10.3 Å². The molecule has 0 saturated heterocycles. The van der Waals surface area contributed by atoms with Crippen molar-refractivity contribution >= 4 is 22.8 Å². The van der Waals surface area contributed by atoms with Crippen molar-refractivity contribution in [1.29, 1.82) is 0 Å². The number of amides is 1. The molecule has 3 aromatic heterocycles. The molecule has 0 unspecified atom stereocenters. The molecule has 3 rings (SSSR count). The van der Waals surface area contributed by atoms with Crippen LogP contribution in [0, 0.1) is 6.92 Å². The van der Waals surface area contributed by atoms with Crippen LogP contribution in [0.3, 0.4) is 0 Å². The van der Waals surface area contributed by atoms with E-state index in [1.807, 2.05) is 19.1 Å². The van der Waals surface area contributed by atoms with Gasteiger partial charge in [0.05, 0.1) is 0 Å². The average Bonchev–Trinajstić information content (AvgIpc) is 2.96. The van der Waals surface area contributed by atoms with Crippen molar-refractivity contribution in [1.82, 2.24) is 20.2 Å². The number of H-pyrrole nitrogens is 2. The first-order valence-electron chi connectivity index (χ1n) is 5.50. The summed E-state index contributed by atoms with van der Waals surface area (Å²) in [6, 6.07) is 7.26. The van der Waals surface area contributed by atoms with E-state index in [4.69, 9.17) is 0 Å². The lowest BCUT2D eigenvalue weighted by Gasteiger charge is -2.01. The highest BCUT2D eigenvalue weighted by atomic mass is 16.2. The molecule has 3 heterocycles. The van der Waals surface area contributed by atoms with Crippen molar-refractivity contribution in [3.05, 3.63) is 41.9 Å². The first kappa shape index (κ1) is 10.5. The average molecular weight is 241 g/mol. The summed E-state index contributed by atoms with van der Waals surface area (Å²) in [7, 11) is 0. The third-order valence-electron chi connectivity index (χ3n) is 2.59. The van der Waals surface area contributed by atoms with E-state index >= 15 is 0 Å². The van der Waals surface area contributed by atoms with Crippen LogP contribution in [0.4, 0.5) is 5.82 Å². The van der Waals surface area contributed by atoms with Crippen molar-refractivity contribution in [3.8, 4) is 0 Å². The molecular formula is C12H11N5O. The number of aromatic nitrogens is 4. The van der Waals surface area contributed by atoms with Crippen LogP contribution in [-0.2, 0) is 0 Å². The zero-order valence-corrected chi connectivity index (χ0v) is 9.69. The van der Waals surface area contributed by atoms with Crippen LogP contribution in [0.25, 0.3) is 11.0 Å². The molecule has 0 aliphatic heterocycles. The Kier molecular flexibility index (Phi) is 2.33. The molecule has 18 heavy (non-hydrogen) atoms. The summed E-state index contributed by atoms with van der Waals surface area (Å²) >= 11 is 0. The lowest BCUT2D eigenvalue weighted by atomic mass is 10.3.